The van der Waals surface area contributed by atoms with E-state index in [1.807, 2.05) is 0 Å². The van der Waals surface area contributed by atoms with Crippen LogP contribution in [0.4, 0.5) is 0 Å². The lowest BCUT2D eigenvalue weighted by Crippen LogP contribution is -2.38. The molecular weight excluding hydrogens is 366 g/mol. The zero-order chi connectivity index (χ0) is 20.3. The monoisotopic (exact) mass is 394 g/mol. The molecule has 0 saturated carbocycles. The fourth-order valence-electron chi connectivity index (χ4n) is 4.59. The summed E-state index contributed by atoms with van der Waals surface area (Å²) >= 11 is 0. The third-order valence-corrected chi connectivity index (χ3v) is 6.17. The minimum atomic E-state index is 0.550. The van der Waals surface area contributed by atoms with Crippen molar-refractivity contribution in [2.75, 3.05) is 0 Å². The molecule has 0 radical (unpaired) electrons. The van der Waals surface area contributed by atoms with Crippen molar-refractivity contribution in [1.82, 2.24) is 4.57 Å². The molecule has 0 fully saturated rings. The van der Waals surface area contributed by atoms with Crippen molar-refractivity contribution < 1.29 is 4.57 Å². The van der Waals surface area contributed by atoms with Gasteiger partial charge in [-0.3, -0.25) is 0 Å². The fraction of sp³-hybridized carbons (Fsp3) is 0.222. The number of hydrogen-bond donors (Lipinski definition) is 1. The van der Waals surface area contributed by atoms with Gasteiger partial charge in [0.1, 0.15) is 11.9 Å². The molecule has 0 spiro atoms. The van der Waals surface area contributed by atoms with Crippen LogP contribution >= 0.6 is 0 Å². The SMILES string of the molecule is NCc1ccccc1-n1cc(-c2ccc(-c3ccccc3)cc2)[n+]2c1CCCCC2. The Morgan fingerprint density at radius 2 is 1.43 bits per heavy atom. The Balaban J connectivity index is 1.61. The summed E-state index contributed by atoms with van der Waals surface area (Å²) in [6.07, 6.45) is 7.16. The first-order valence-corrected chi connectivity index (χ1v) is 10.9. The normalized spacial score (nSPS) is 13.6. The van der Waals surface area contributed by atoms with Crippen LogP contribution in [-0.2, 0) is 19.5 Å². The second kappa shape index (κ2) is 8.29. The van der Waals surface area contributed by atoms with Crippen LogP contribution in [0, 0.1) is 0 Å². The van der Waals surface area contributed by atoms with E-state index in [0.29, 0.717) is 6.54 Å². The van der Waals surface area contributed by atoms with Crippen molar-refractivity contribution in [3.05, 3.63) is 96.4 Å². The number of nitrogens with zero attached hydrogens (tertiary/aromatic N) is 2. The minimum absolute atomic E-state index is 0.550. The van der Waals surface area contributed by atoms with Gasteiger partial charge in [-0.25, -0.2) is 4.57 Å². The van der Waals surface area contributed by atoms with Gasteiger partial charge in [-0.1, -0.05) is 60.7 Å². The number of fused-ring (bicyclic) bond motifs is 1. The molecule has 0 amide bonds. The fourth-order valence-corrected chi connectivity index (χ4v) is 4.59. The van der Waals surface area contributed by atoms with E-state index in [0.717, 1.165) is 13.0 Å². The summed E-state index contributed by atoms with van der Waals surface area (Å²) < 4.78 is 4.91. The number of benzene rings is 3. The van der Waals surface area contributed by atoms with Crippen LogP contribution in [0.15, 0.2) is 85.1 Å². The van der Waals surface area contributed by atoms with Crippen LogP contribution in [0.2, 0.25) is 0 Å². The van der Waals surface area contributed by atoms with Gasteiger partial charge in [-0.15, -0.1) is 0 Å². The molecule has 0 saturated heterocycles. The molecule has 3 heteroatoms. The summed E-state index contributed by atoms with van der Waals surface area (Å²) in [5, 5.41) is 0. The van der Waals surface area contributed by atoms with E-state index in [2.05, 4.69) is 94.2 Å². The number of imidazole rings is 1. The number of nitrogens with two attached hydrogens (primary N) is 1. The van der Waals surface area contributed by atoms with Crippen molar-refractivity contribution in [3.63, 3.8) is 0 Å². The van der Waals surface area contributed by atoms with Crippen LogP contribution in [0.25, 0.3) is 28.1 Å². The quantitative estimate of drug-likeness (QED) is 0.469. The van der Waals surface area contributed by atoms with Gasteiger partial charge in [0.25, 0.3) is 5.82 Å². The number of rotatable bonds is 4. The first-order chi connectivity index (χ1) is 14.8. The molecular formula is C27H28N3+. The molecule has 1 aromatic heterocycles. The van der Waals surface area contributed by atoms with Crippen LogP contribution in [0.3, 0.4) is 0 Å². The summed E-state index contributed by atoms with van der Waals surface area (Å²) in [4.78, 5) is 0. The van der Waals surface area contributed by atoms with Crippen molar-refractivity contribution in [2.45, 2.75) is 38.8 Å². The van der Waals surface area contributed by atoms with Crippen LogP contribution < -0.4 is 10.3 Å². The van der Waals surface area contributed by atoms with E-state index in [-0.39, 0.29) is 0 Å². The lowest BCUT2D eigenvalue weighted by atomic mass is 10.0. The molecule has 3 aromatic carbocycles. The van der Waals surface area contributed by atoms with Gasteiger partial charge in [-0.05, 0) is 48.6 Å². The van der Waals surface area contributed by atoms with Gasteiger partial charge in [0.15, 0.2) is 5.69 Å². The second-order valence-corrected chi connectivity index (χ2v) is 8.04. The predicted molar refractivity (Wildman–Crippen MR) is 122 cm³/mol. The van der Waals surface area contributed by atoms with Gasteiger partial charge in [0, 0.05) is 24.1 Å². The first-order valence-electron chi connectivity index (χ1n) is 10.9. The van der Waals surface area contributed by atoms with E-state index >= 15 is 0 Å². The van der Waals surface area contributed by atoms with Gasteiger partial charge >= 0.3 is 0 Å². The largest absolute Gasteiger partial charge is 0.326 e. The molecule has 2 heterocycles. The molecule has 2 N–H and O–H groups in total. The molecule has 0 atom stereocenters. The molecule has 4 aromatic rings. The van der Waals surface area contributed by atoms with Crippen molar-refractivity contribution in [2.24, 2.45) is 5.73 Å². The Labute approximate surface area is 178 Å². The molecule has 0 unspecified atom stereocenters. The summed E-state index contributed by atoms with van der Waals surface area (Å²) in [5.74, 6) is 1.38. The highest BCUT2D eigenvalue weighted by molar-refractivity contribution is 5.68. The molecule has 150 valence electrons. The van der Waals surface area contributed by atoms with Gasteiger partial charge in [0.2, 0.25) is 0 Å². The Morgan fingerprint density at radius 3 is 2.23 bits per heavy atom. The standard InChI is InChI=1S/C27H28N3/c28-19-24-11-6-7-12-25(24)30-20-26(29-18-8-2-5-13-27(29)30)23-16-14-22(15-17-23)21-9-3-1-4-10-21/h1,3-4,6-7,9-12,14-17,20H,2,5,8,13,18-19,28H2/q+1. The second-order valence-electron chi connectivity index (χ2n) is 8.04. The average molecular weight is 395 g/mol. The van der Waals surface area contributed by atoms with E-state index in [9.17, 15) is 0 Å². The average Bonchev–Trinajstić information content (AvgIpc) is 3.00. The highest BCUT2D eigenvalue weighted by atomic mass is 15.2. The van der Waals surface area contributed by atoms with Gasteiger partial charge in [0.05, 0.1) is 6.54 Å². The van der Waals surface area contributed by atoms with Gasteiger partial charge < -0.3 is 5.73 Å². The number of aromatic nitrogens is 2. The zero-order valence-corrected chi connectivity index (χ0v) is 17.3. The molecule has 1 aliphatic rings. The third kappa shape index (κ3) is 3.46. The van der Waals surface area contributed by atoms with Gasteiger partial charge in [-0.2, -0.15) is 4.57 Å². The molecule has 30 heavy (non-hydrogen) atoms. The molecule has 5 rings (SSSR count). The predicted octanol–water partition coefficient (Wildman–Crippen LogP) is 5.28. The Kier molecular flexibility index (Phi) is 5.20. The minimum Gasteiger partial charge on any atom is -0.326 e. The van der Waals surface area contributed by atoms with E-state index < -0.39 is 0 Å². The van der Waals surface area contributed by atoms with Crippen LogP contribution in [0.5, 0.6) is 0 Å². The van der Waals surface area contributed by atoms with Crippen molar-refractivity contribution in [3.8, 4) is 28.1 Å². The maximum atomic E-state index is 6.06. The van der Waals surface area contributed by atoms with E-state index in [1.54, 1.807) is 0 Å². The van der Waals surface area contributed by atoms with Crippen LogP contribution in [-0.4, -0.2) is 4.57 Å². The lowest BCUT2D eigenvalue weighted by molar-refractivity contribution is -0.692. The maximum absolute atomic E-state index is 6.06. The highest BCUT2D eigenvalue weighted by Gasteiger charge is 2.27. The highest BCUT2D eigenvalue weighted by Crippen LogP contribution is 2.27. The first kappa shape index (κ1) is 18.8. The zero-order valence-electron chi connectivity index (χ0n) is 17.3. The molecule has 0 aliphatic carbocycles. The van der Waals surface area contributed by atoms with Crippen molar-refractivity contribution in [1.29, 1.82) is 0 Å². The number of hydrogen-bond acceptors (Lipinski definition) is 1. The summed E-state index contributed by atoms with van der Waals surface area (Å²) in [5.41, 5.74) is 13.5. The van der Waals surface area contributed by atoms with Crippen molar-refractivity contribution >= 4 is 0 Å². The summed E-state index contributed by atoms with van der Waals surface area (Å²) in [7, 11) is 0. The Morgan fingerprint density at radius 1 is 0.733 bits per heavy atom. The lowest BCUT2D eigenvalue weighted by Gasteiger charge is -2.06. The molecule has 1 aliphatic heterocycles. The summed E-state index contributed by atoms with van der Waals surface area (Å²) in [6, 6.07) is 28.1. The topological polar surface area (TPSA) is 34.8 Å². The van der Waals surface area contributed by atoms with E-state index in [1.165, 1.54) is 58.7 Å². The Hall–Kier alpha value is -3.17. The number of para-hydroxylation sites is 1. The smallest absolute Gasteiger partial charge is 0.262 e. The third-order valence-electron chi connectivity index (χ3n) is 6.17. The summed E-state index contributed by atoms with van der Waals surface area (Å²) in [6.45, 7) is 1.62. The Bertz CT molecular complexity index is 1140. The van der Waals surface area contributed by atoms with Crippen LogP contribution in [0.1, 0.15) is 30.7 Å². The van der Waals surface area contributed by atoms with E-state index in [4.69, 9.17) is 5.73 Å². The molecule has 0 bridgehead atoms. The maximum Gasteiger partial charge on any atom is 0.262 e. The molecule has 3 nitrogen and oxygen atoms in total.